The minimum absolute atomic E-state index is 0.0612. The lowest BCUT2D eigenvalue weighted by Gasteiger charge is -2.16. The van der Waals surface area contributed by atoms with Crippen LogP contribution in [0.15, 0.2) is 36.4 Å². The lowest BCUT2D eigenvalue weighted by Crippen LogP contribution is -2.20. The number of halogens is 5. The second-order valence-electron chi connectivity index (χ2n) is 4.90. The third-order valence-corrected chi connectivity index (χ3v) is 3.81. The lowest BCUT2D eigenvalue weighted by molar-refractivity contribution is -0.137. The minimum Gasteiger partial charge on any atom is -0.321 e. The molecule has 3 nitrogen and oxygen atoms in total. The van der Waals surface area contributed by atoms with Crippen molar-refractivity contribution in [2.24, 2.45) is 0 Å². The summed E-state index contributed by atoms with van der Waals surface area (Å²) in [6.07, 6.45) is -4.73. The van der Waals surface area contributed by atoms with Gasteiger partial charge in [0.15, 0.2) is 0 Å². The van der Waals surface area contributed by atoms with Crippen LogP contribution < -0.4 is 5.32 Å². The highest BCUT2D eigenvalue weighted by Crippen LogP contribution is 2.35. The van der Waals surface area contributed by atoms with E-state index in [4.69, 9.17) is 28.6 Å². The van der Waals surface area contributed by atoms with Crippen LogP contribution in [-0.2, 0) is 6.18 Å². The molecule has 2 aromatic rings. The smallest absolute Gasteiger partial charge is 0.321 e. The van der Waals surface area contributed by atoms with Crippen LogP contribution in [-0.4, -0.2) is 11.6 Å². The van der Waals surface area contributed by atoms with E-state index >= 15 is 0 Å². The number of carbonyl (C=O) groups is 1. The van der Waals surface area contributed by atoms with Crippen molar-refractivity contribution >= 4 is 40.5 Å². The maximum atomic E-state index is 13.1. The van der Waals surface area contributed by atoms with Crippen molar-refractivity contribution in [1.29, 1.82) is 5.41 Å². The fourth-order valence-corrected chi connectivity index (χ4v) is 2.76. The van der Waals surface area contributed by atoms with E-state index in [9.17, 15) is 18.0 Å². The molecule has 0 aliphatic heterocycles. The molecule has 0 unspecified atom stereocenters. The standard InChI is InChI=1S/C16H11Cl2F3N2O.C2H6/c1-8(22)13-10(17)6-3-7-12(13)23-15(24)14-9(16(19,20)21)4-2-5-11(14)18;1-2/h2-7,22H,1H3,(H,23,24);1-2H3. The Kier molecular flexibility index (Phi) is 7.66. The number of nitrogens with one attached hydrogen (secondary N) is 2. The summed E-state index contributed by atoms with van der Waals surface area (Å²) in [5.41, 5.74) is -1.39. The maximum Gasteiger partial charge on any atom is 0.417 e. The fourth-order valence-electron chi connectivity index (χ4n) is 2.19. The van der Waals surface area contributed by atoms with E-state index in [0.717, 1.165) is 12.1 Å². The van der Waals surface area contributed by atoms with Crippen LogP contribution >= 0.6 is 23.2 Å². The molecule has 2 N–H and O–H groups in total. The van der Waals surface area contributed by atoms with Gasteiger partial charge in [-0.15, -0.1) is 0 Å². The van der Waals surface area contributed by atoms with Gasteiger partial charge in [-0.1, -0.05) is 49.2 Å². The zero-order valence-corrected chi connectivity index (χ0v) is 15.8. The summed E-state index contributed by atoms with van der Waals surface area (Å²) in [4.78, 5) is 12.4. The van der Waals surface area contributed by atoms with Gasteiger partial charge in [0, 0.05) is 11.3 Å². The van der Waals surface area contributed by atoms with Gasteiger partial charge in [0.05, 0.1) is 26.9 Å². The van der Waals surface area contributed by atoms with E-state index in [1.807, 2.05) is 13.8 Å². The molecule has 0 aliphatic carbocycles. The molecule has 26 heavy (non-hydrogen) atoms. The molecule has 0 saturated carbocycles. The predicted molar refractivity (Wildman–Crippen MR) is 99.7 cm³/mol. The number of amides is 1. The molecular weight excluding hydrogens is 388 g/mol. The van der Waals surface area contributed by atoms with Crippen molar-refractivity contribution in [2.45, 2.75) is 26.9 Å². The van der Waals surface area contributed by atoms with E-state index in [1.165, 1.54) is 31.2 Å². The van der Waals surface area contributed by atoms with Crippen LogP contribution in [0.3, 0.4) is 0 Å². The number of anilines is 1. The summed E-state index contributed by atoms with van der Waals surface area (Å²) in [7, 11) is 0. The Bertz CT molecular complexity index is 821. The average molecular weight is 405 g/mol. The van der Waals surface area contributed by atoms with Gasteiger partial charge < -0.3 is 10.7 Å². The molecule has 8 heteroatoms. The van der Waals surface area contributed by atoms with E-state index < -0.39 is 23.2 Å². The fraction of sp³-hybridized carbons (Fsp3) is 0.222. The molecule has 0 aromatic heterocycles. The van der Waals surface area contributed by atoms with Crippen molar-refractivity contribution < 1.29 is 18.0 Å². The number of rotatable bonds is 3. The summed E-state index contributed by atoms with van der Waals surface area (Å²) in [5.74, 6) is -1.03. The highest BCUT2D eigenvalue weighted by atomic mass is 35.5. The first-order valence-corrected chi connectivity index (χ1v) is 8.39. The SMILES string of the molecule is CC.CC(=N)c1c(Cl)cccc1NC(=O)c1c(Cl)cccc1C(F)(F)F. The lowest BCUT2D eigenvalue weighted by atomic mass is 10.0. The number of hydrogen-bond acceptors (Lipinski definition) is 2. The first-order chi connectivity index (χ1) is 12.1. The Labute approximate surface area is 159 Å². The topological polar surface area (TPSA) is 53.0 Å². The highest BCUT2D eigenvalue weighted by Gasteiger charge is 2.36. The van der Waals surface area contributed by atoms with Crippen LogP contribution in [0, 0.1) is 5.41 Å². The van der Waals surface area contributed by atoms with Crippen molar-refractivity contribution in [2.75, 3.05) is 5.32 Å². The van der Waals surface area contributed by atoms with Gasteiger partial charge in [-0.25, -0.2) is 0 Å². The van der Waals surface area contributed by atoms with Gasteiger partial charge in [-0.3, -0.25) is 4.79 Å². The Hall–Kier alpha value is -2.05. The Morgan fingerprint density at radius 2 is 1.50 bits per heavy atom. The Morgan fingerprint density at radius 3 is 2.00 bits per heavy atom. The van der Waals surface area contributed by atoms with Gasteiger partial charge in [0.25, 0.3) is 5.91 Å². The van der Waals surface area contributed by atoms with Crippen molar-refractivity contribution in [3.05, 3.63) is 63.1 Å². The molecule has 0 heterocycles. The molecular formula is C18H17Cl2F3N2O. The number of alkyl halides is 3. The second-order valence-corrected chi connectivity index (χ2v) is 5.72. The van der Waals surface area contributed by atoms with E-state index in [-0.39, 0.29) is 27.0 Å². The van der Waals surface area contributed by atoms with Crippen molar-refractivity contribution in [3.8, 4) is 0 Å². The van der Waals surface area contributed by atoms with Crippen molar-refractivity contribution in [1.82, 2.24) is 0 Å². The highest BCUT2D eigenvalue weighted by molar-refractivity contribution is 6.36. The Balaban J connectivity index is 0.00000163. The summed E-state index contributed by atoms with van der Waals surface area (Å²) in [6, 6.07) is 7.58. The number of hydrogen-bond donors (Lipinski definition) is 2. The van der Waals surface area contributed by atoms with Gasteiger partial charge in [-0.05, 0) is 31.2 Å². The molecule has 140 valence electrons. The maximum absolute atomic E-state index is 13.1. The molecule has 2 aromatic carbocycles. The predicted octanol–water partition coefficient (Wildman–Crippen LogP) is 6.68. The molecule has 2 rings (SSSR count). The van der Waals surface area contributed by atoms with Gasteiger partial charge in [0.1, 0.15) is 0 Å². The van der Waals surface area contributed by atoms with Crippen molar-refractivity contribution in [3.63, 3.8) is 0 Å². The molecule has 0 spiro atoms. The van der Waals surface area contributed by atoms with Crippen LogP contribution in [0.1, 0.15) is 42.3 Å². The van der Waals surface area contributed by atoms with Gasteiger partial charge in [0.2, 0.25) is 0 Å². The summed E-state index contributed by atoms with van der Waals surface area (Å²) >= 11 is 11.8. The molecule has 0 saturated heterocycles. The first-order valence-electron chi connectivity index (χ1n) is 7.64. The van der Waals surface area contributed by atoms with E-state index in [0.29, 0.717) is 0 Å². The van der Waals surface area contributed by atoms with E-state index in [1.54, 1.807) is 0 Å². The summed E-state index contributed by atoms with van der Waals surface area (Å²) < 4.78 is 39.3. The summed E-state index contributed by atoms with van der Waals surface area (Å²) in [6.45, 7) is 5.45. The second kappa shape index (κ2) is 9.05. The molecule has 0 aliphatic rings. The molecule has 0 bridgehead atoms. The van der Waals surface area contributed by atoms with Crippen LogP contribution in [0.2, 0.25) is 10.0 Å². The van der Waals surface area contributed by atoms with Crippen LogP contribution in [0.5, 0.6) is 0 Å². The van der Waals surface area contributed by atoms with Gasteiger partial charge in [-0.2, -0.15) is 13.2 Å². The third kappa shape index (κ3) is 4.99. The zero-order valence-electron chi connectivity index (χ0n) is 14.3. The third-order valence-electron chi connectivity index (χ3n) is 3.18. The molecule has 0 fully saturated rings. The monoisotopic (exact) mass is 404 g/mol. The van der Waals surface area contributed by atoms with Crippen LogP contribution in [0.4, 0.5) is 18.9 Å². The Morgan fingerprint density at radius 1 is 1.00 bits per heavy atom. The number of benzene rings is 2. The minimum atomic E-state index is -4.73. The molecule has 0 radical (unpaired) electrons. The average Bonchev–Trinajstić information content (AvgIpc) is 2.55. The first kappa shape index (κ1) is 22.0. The van der Waals surface area contributed by atoms with E-state index in [2.05, 4.69) is 5.32 Å². The largest absolute Gasteiger partial charge is 0.417 e. The molecule has 1 amide bonds. The number of carbonyl (C=O) groups excluding carboxylic acids is 1. The van der Waals surface area contributed by atoms with Gasteiger partial charge >= 0.3 is 6.18 Å². The van der Waals surface area contributed by atoms with Crippen LogP contribution in [0.25, 0.3) is 0 Å². The normalized spacial score (nSPS) is 10.6. The summed E-state index contributed by atoms with van der Waals surface area (Å²) in [5, 5.41) is 9.94. The zero-order chi connectivity index (χ0) is 20.1. The quantitative estimate of drug-likeness (QED) is 0.550. The molecule has 0 atom stereocenters.